The quantitative estimate of drug-likeness (QED) is 0.761. The van der Waals surface area contributed by atoms with Crippen LogP contribution in [0.5, 0.6) is 0 Å². The van der Waals surface area contributed by atoms with Gasteiger partial charge in [0.05, 0.1) is 6.10 Å². The van der Waals surface area contributed by atoms with Crippen LogP contribution in [0.15, 0.2) is 0 Å². The monoisotopic (exact) mass is 268 g/mol. The molecular weight excluding hydrogens is 240 g/mol. The molecule has 0 unspecified atom stereocenters. The molecule has 0 radical (unpaired) electrons. The van der Waals surface area contributed by atoms with Crippen molar-refractivity contribution in [1.29, 1.82) is 0 Å². The first-order valence-electron chi connectivity index (χ1n) is 7.69. The van der Waals surface area contributed by atoms with Gasteiger partial charge in [-0.2, -0.15) is 0 Å². The van der Waals surface area contributed by atoms with Gasteiger partial charge in [-0.25, -0.2) is 0 Å². The highest BCUT2D eigenvalue weighted by atomic mass is 16.5. The SMILES string of the molecule is CN1CCC[C@H](CN(C)C(=O)CC[C@@H]2CCCO2)C1. The second kappa shape index (κ2) is 7.25. The van der Waals surface area contributed by atoms with E-state index < -0.39 is 0 Å². The lowest BCUT2D eigenvalue weighted by Crippen LogP contribution is -2.40. The molecule has 2 atom stereocenters. The van der Waals surface area contributed by atoms with Crippen molar-refractivity contribution in [2.75, 3.05) is 40.3 Å². The number of nitrogens with zero attached hydrogens (tertiary/aromatic N) is 2. The summed E-state index contributed by atoms with van der Waals surface area (Å²) in [6.45, 7) is 4.12. The Morgan fingerprint density at radius 1 is 1.37 bits per heavy atom. The van der Waals surface area contributed by atoms with Crippen LogP contribution >= 0.6 is 0 Å². The van der Waals surface area contributed by atoms with Gasteiger partial charge in [0.25, 0.3) is 0 Å². The molecule has 0 N–H and O–H groups in total. The van der Waals surface area contributed by atoms with Crippen LogP contribution in [0.3, 0.4) is 0 Å². The second-order valence-corrected chi connectivity index (χ2v) is 6.22. The molecule has 0 aromatic heterocycles. The predicted molar refractivity (Wildman–Crippen MR) is 76.1 cm³/mol. The molecule has 0 bridgehead atoms. The van der Waals surface area contributed by atoms with Crippen molar-refractivity contribution < 1.29 is 9.53 Å². The van der Waals surface area contributed by atoms with Crippen LogP contribution in [0, 0.1) is 5.92 Å². The summed E-state index contributed by atoms with van der Waals surface area (Å²) in [4.78, 5) is 16.4. The van der Waals surface area contributed by atoms with Gasteiger partial charge < -0.3 is 14.5 Å². The summed E-state index contributed by atoms with van der Waals surface area (Å²) in [7, 11) is 4.12. The fraction of sp³-hybridized carbons (Fsp3) is 0.933. The molecule has 2 aliphatic rings. The molecular formula is C15H28N2O2. The van der Waals surface area contributed by atoms with Crippen LogP contribution in [0.25, 0.3) is 0 Å². The van der Waals surface area contributed by atoms with Gasteiger partial charge in [-0.3, -0.25) is 4.79 Å². The van der Waals surface area contributed by atoms with Crippen LogP contribution in [0.2, 0.25) is 0 Å². The highest BCUT2D eigenvalue weighted by Crippen LogP contribution is 2.19. The molecule has 1 amide bonds. The third-order valence-electron chi connectivity index (χ3n) is 4.38. The molecule has 2 rings (SSSR count). The van der Waals surface area contributed by atoms with E-state index in [2.05, 4.69) is 11.9 Å². The van der Waals surface area contributed by atoms with Crippen molar-refractivity contribution in [3.8, 4) is 0 Å². The zero-order valence-electron chi connectivity index (χ0n) is 12.4. The van der Waals surface area contributed by atoms with Crippen LogP contribution in [0.4, 0.5) is 0 Å². The average Bonchev–Trinajstić information content (AvgIpc) is 2.89. The van der Waals surface area contributed by atoms with Gasteiger partial charge in [-0.15, -0.1) is 0 Å². The highest BCUT2D eigenvalue weighted by molar-refractivity contribution is 5.75. The Morgan fingerprint density at radius 3 is 2.89 bits per heavy atom. The number of hydrogen-bond donors (Lipinski definition) is 0. The van der Waals surface area contributed by atoms with Crippen LogP contribution in [-0.2, 0) is 9.53 Å². The predicted octanol–water partition coefficient (Wildman–Crippen LogP) is 1.75. The zero-order valence-corrected chi connectivity index (χ0v) is 12.4. The number of rotatable bonds is 5. The Kier molecular flexibility index (Phi) is 5.64. The van der Waals surface area contributed by atoms with E-state index in [0.717, 1.165) is 39.0 Å². The smallest absolute Gasteiger partial charge is 0.222 e. The fourth-order valence-corrected chi connectivity index (χ4v) is 3.26. The van der Waals surface area contributed by atoms with Gasteiger partial charge in [-0.1, -0.05) is 0 Å². The highest BCUT2D eigenvalue weighted by Gasteiger charge is 2.22. The van der Waals surface area contributed by atoms with Crippen molar-refractivity contribution >= 4 is 5.91 Å². The first kappa shape index (κ1) is 14.8. The number of amides is 1. The Morgan fingerprint density at radius 2 is 2.21 bits per heavy atom. The van der Waals surface area contributed by atoms with E-state index in [0.29, 0.717) is 18.4 Å². The lowest BCUT2D eigenvalue weighted by atomic mass is 9.98. The van der Waals surface area contributed by atoms with Crippen molar-refractivity contribution in [2.24, 2.45) is 5.92 Å². The molecule has 0 spiro atoms. The van der Waals surface area contributed by atoms with Crippen molar-refractivity contribution in [3.63, 3.8) is 0 Å². The minimum absolute atomic E-state index is 0.281. The number of carbonyl (C=O) groups excluding carboxylic acids is 1. The summed E-state index contributed by atoms with van der Waals surface area (Å²) >= 11 is 0. The van der Waals surface area contributed by atoms with Crippen LogP contribution < -0.4 is 0 Å². The Bertz CT molecular complexity index is 290. The maximum atomic E-state index is 12.1. The Labute approximate surface area is 117 Å². The summed E-state index contributed by atoms with van der Waals surface area (Å²) in [6.07, 6.45) is 6.68. The number of ether oxygens (including phenoxy) is 1. The van der Waals surface area contributed by atoms with E-state index in [-0.39, 0.29) is 5.91 Å². The molecule has 4 nitrogen and oxygen atoms in total. The van der Waals surface area contributed by atoms with Gasteiger partial charge in [0.15, 0.2) is 0 Å². The molecule has 2 heterocycles. The van der Waals surface area contributed by atoms with Gasteiger partial charge in [-0.05, 0) is 51.6 Å². The second-order valence-electron chi connectivity index (χ2n) is 6.22. The fourth-order valence-electron chi connectivity index (χ4n) is 3.26. The molecule has 2 saturated heterocycles. The summed E-state index contributed by atoms with van der Waals surface area (Å²) in [5.74, 6) is 0.930. The molecule has 2 aliphatic heterocycles. The summed E-state index contributed by atoms with van der Waals surface area (Å²) in [5.41, 5.74) is 0. The molecule has 0 aromatic carbocycles. The number of hydrogen-bond acceptors (Lipinski definition) is 3. The first-order valence-corrected chi connectivity index (χ1v) is 7.69. The molecule has 2 fully saturated rings. The van der Waals surface area contributed by atoms with E-state index in [9.17, 15) is 4.79 Å². The first-order chi connectivity index (χ1) is 9.15. The lowest BCUT2D eigenvalue weighted by Gasteiger charge is -2.32. The van der Waals surface area contributed by atoms with Gasteiger partial charge >= 0.3 is 0 Å². The van der Waals surface area contributed by atoms with E-state index >= 15 is 0 Å². The maximum Gasteiger partial charge on any atom is 0.222 e. The van der Waals surface area contributed by atoms with Gasteiger partial charge in [0, 0.05) is 33.2 Å². The summed E-state index contributed by atoms with van der Waals surface area (Å²) in [5, 5.41) is 0. The van der Waals surface area contributed by atoms with E-state index in [1.165, 1.54) is 19.4 Å². The molecule has 110 valence electrons. The number of piperidine rings is 1. The minimum Gasteiger partial charge on any atom is -0.378 e. The van der Waals surface area contributed by atoms with Gasteiger partial charge in [0.1, 0.15) is 0 Å². The molecule has 4 heteroatoms. The third-order valence-corrected chi connectivity index (χ3v) is 4.38. The average molecular weight is 268 g/mol. The van der Waals surface area contributed by atoms with Crippen LogP contribution in [0.1, 0.15) is 38.5 Å². The molecule has 19 heavy (non-hydrogen) atoms. The topological polar surface area (TPSA) is 32.8 Å². The molecule has 0 aromatic rings. The largest absolute Gasteiger partial charge is 0.378 e. The number of likely N-dealkylation sites (tertiary alicyclic amines) is 1. The number of carbonyl (C=O) groups is 1. The normalized spacial score (nSPS) is 28.5. The van der Waals surface area contributed by atoms with E-state index in [1.807, 2.05) is 11.9 Å². The van der Waals surface area contributed by atoms with Crippen LogP contribution in [-0.4, -0.2) is 62.1 Å². The van der Waals surface area contributed by atoms with Crippen molar-refractivity contribution in [2.45, 2.75) is 44.6 Å². The van der Waals surface area contributed by atoms with E-state index in [1.54, 1.807) is 0 Å². The van der Waals surface area contributed by atoms with E-state index in [4.69, 9.17) is 4.74 Å². The van der Waals surface area contributed by atoms with Crippen molar-refractivity contribution in [1.82, 2.24) is 9.80 Å². The zero-order chi connectivity index (χ0) is 13.7. The Balaban J connectivity index is 1.66. The third kappa shape index (κ3) is 4.77. The standard InChI is InChI=1S/C15H28N2O2/c1-16-9-3-5-13(11-16)12-17(2)15(18)8-7-14-6-4-10-19-14/h13-14H,3-12H2,1-2H3/t13-,14-/m0/s1. The Hall–Kier alpha value is -0.610. The molecule has 0 aliphatic carbocycles. The van der Waals surface area contributed by atoms with Gasteiger partial charge in [0.2, 0.25) is 5.91 Å². The maximum absolute atomic E-state index is 12.1. The van der Waals surface area contributed by atoms with Crippen molar-refractivity contribution in [3.05, 3.63) is 0 Å². The summed E-state index contributed by atoms with van der Waals surface area (Å²) < 4.78 is 5.57. The lowest BCUT2D eigenvalue weighted by molar-refractivity contribution is -0.131. The summed E-state index contributed by atoms with van der Waals surface area (Å²) in [6, 6.07) is 0. The molecule has 0 saturated carbocycles. The minimum atomic E-state index is 0.281.